The average molecular weight is 1100 g/mol. The summed E-state index contributed by atoms with van der Waals surface area (Å²) in [5, 5.41) is 3.70. The molecule has 12 nitrogen and oxygen atoms in total. The molecule has 0 amide bonds. The molecule has 0 atom stereocenters. The molecule has 0 aromatic carbocycles. The van der Waals surface area contributed by atoms with Crippen molar-refractivity contribution in [3.63, 3.8) is 0 Å². The van der Waals surface area contributed by atoms with E-state index in [0.717, 1.165) is 51.6 Å². The van der Waals surface area contributed by atoms with Gasteiger partial charge in [0.05, 0.1) is 55.3 Å². The lowest BCUT2D eigenvalue weighted by molar-refractivity contribution is -0.127. The normalized spacial score (nSPS) is 14.2. The molecule has 8 aromatic heterocycles. The third-order valence-corrected chi connectivity index (χ3v) is 14.7. The first-order valence-corrected chi connectivity index (χ1v) is 27.9. The maximum Gasteiger partial charge on any atom is 0.393 e. The molecular weight excluding hydrogens is 1020 g/mol. The number of halogens is 3. The number of aryl methyl sites for hydroxylation is 1. The van der Waals surface area contributed by atoms with Crippen molar-refractivity contribution in [2.75, 3.05) is 0 Å². The molecular formula is C55H73F3N8O4S4. The fourth-order valence-electron chi connectivity index (χ4n) is 6.52. The van der Waals surface area contributed by atoms with Gasteiger partial charge in [-0.2, -0.15) is 13.2 Å². The predicted octanol–water partition coefficient (Wildman–Crippen LogP) is 15.8. The Morgan fingerprint density at radius 1 is 0.473 bits per heavy atom. The maximum absolute atomic E-state index is 12.3. The van der Waals surface area contributed by atoms with Crippen molar-refractivity contribution < 1.29 is 32.1 Å². The van der Waals surface area contributed by atoms with E-state index >= 15 is 0 Å². The first-order chi connectivity index (χ1) is 34.1. The van der Waals surface area contributed by atoms with E-state index in [9.17, 15) is 13.2 Å². The van der Waals surface area contributed by atoms with Crippen LogP contribution in [0.25, 0.3) is 41.4 Å². The molecule has 1 aliphatic carbocycles. The third-order valence-electron chi connectivity index (χ3n) is 10.8. The maximum atomic E-state index is 12.3. The van der Waals surface area contributed by atoms with Gasteiger partial charge in [0.15, 0.2) is 0 Å². The number of fused-ring (bicyclic) bond motifs is 4. The number of rotatable bonds is 10. The second kappa shape index (κ2) is 23.2. The molecule has 8 heterocycles. The molecule has 0 spiro atoms. The van der Waals surface area contributed by atoms with E-state index in [4.69, 9.17) is 18.9 Å². The molecule has 74 heavy (non-hydrogen) atoms. The van der Waals surface area contributed by atoms with Gasteiger partial charge in [0.25, 0.3) is 0 Å². The Bertz CT molecular complexity index is 3030. The Hall–Kier alpha value is -4.21. The molecule has 0 saturated heterocycles. The van der Waals surface area contributed by atoms with E-state index in [1.807, 2.05) is 67.1 Å². The lowest BCUT2D eigenvalue weighted by atomic mass is 9.88. The van der Waals surface area contributed by atoms with Crippen molar-refractivity contribution in [2.24, 2.45) is 0 Å². The molecule has 0 unspecified atom stereocenters. The molecule has 8 aromatic rings. The van der Waals surface area contributed by atoms with Crippen LogP contribution in [0.1, 0.15) is 166 Å². The zero-order valence-corrected chi connectivity index (χ0v) is 49.3. The summed E-state index contributed by atoms with van der Waals surface area (Å²) in [6, 6.07) is 7.83. The van der Waals surface area contributed by atoms with Crippen molar-refractivity contribution in [3.05, 3.63) is 91.3 Å². The topological polar surface area (TPSA) is 140 Å². The lowest BCUT2D eigenvalue weighted by Gasteiger charge is -2.18. The van der Waals surface area contributed by atoms with Crippen molar-refractivity contribution in [1.82, 2.24) is 39.9 Å². The zero-order chi connectivity index (χ0) is 54.7. The van der Waals surface area contributed by atoms with E-state index in [1.54, 1.807) is 34.0 Å². The molecule has 1 fully saturated rings. The van der Waals surface area contributed by atoms with E-state index in [1.165, 1.54) is 47.6 Å². The van der Waals surface area contributed by atoms with Gasteiger partial charge >= 0.3 is 6.18 Å². The minimum atomic E-state index is -4.23. The number of thiazole rings is 4. The SMILES string of the molecule is CC(C)(C)OCc1nc2cc(C(C)(C)C)cnc2s1.CC(C)(C)OCc1nc2cc(C3(C)CC3)cnc2s1.CC(C)(C)OCc1nc2cc(CC(F)(F)F)cnc2s1.Cc1cnc2sc(COC(C)(C)C)nc2c1. The third kappa shape index (κ3) is 19.1. The van der Waals surface area contributed by atoms with Crippen LogP contribution in [-0.4, -0.2) is 68.5 Å². The Morgan fingerprint density at radius 2 is 0.824 bits per heavy atom. The lowest BCUT2D eigenvalue weighted by Crippen LogP contribution is -2.18. The van der Waals surface area contributed by atoms with Gasteiger partial charge in [-0.1, -0.05) is 73.0 Å². The predicted molar refractivity (Wildman–Crippen MR) is 298 cm³/mol. The van der Waals surface area contributed by atoms with Gasteiger partial charge in [-0.15, -0.1) is 0 Å². The number of pyridine rings is 4. The quantitative estimate of drug-likeness (QED) is 0.129. The van der Waals surface area contributed by atoms with Crippen LogP contribution in [0.5, 0.6) is 0 Å². The van der Waals surface area contributed by atoms with Gasteiger partial charge in [-0.05, 0) is 160 Å². The summed E-state index contributed by atoms with van der Waals surface area (Å²) < 4.78 is 59.8. The Morgan fingerprint density at radius 3 is 1.20 bits per heavy atom. The number of alkyl halides is 3. The van der Waals surface area contributed by atoms with Crippen LogP contribution in [-0.2, 0) is 62.6 Å². The van der Waals surface area contributed by atoms with Gasteiger partial charge in [0, 0.05) is 24.8 Å². The van der Waals surface area contributed by atoms with Crippen molar-refractivity contribution in [1.29, 1.82) is 0 Å². The first kappa shape index (κ1) is 59.0. The summed E-state index contributed by atoms with van der Waals surface area (Å²) in [4.78, 5) is 39.1. The van der Waals surface area contributed by atoms with Gasteiger partial charge in [0.2, 0.25) is 0 Å². The molecule has 0 radical (unpaired) electrons. The van der Waals surface area contributed by atoms with E-state index in [-0.39, 0.29) is 33.4 Å². The van der Waals surface area contributed by atoms with E-state index < -0.39 is 12.6 Å². The minimum absolute atomic E-state index is 0.104. The van der Waals surface area contributed by atoms with Gasteiger partial charge < -0.3 is 18.9 Å². The van der Waals surface area contributed by atoms with Gasteiger partial charge in [-0.3, -0.25) is 0 Å². The van der Waals surface area contributed by atoms with Crippen LogP contribution < -0.4 is 0 Å². The van der Waals surface area contributed by atoms with Gasteiger partial charge in [-0.25, -0.2) is 39.9 Å². The molecule has 9 rings (SSSR count). The second-order valence-electron chi connectivity index (χ2n) is 23.7. The fourth-order valence-corrected chi connectivity index (χ4v) is 9.72. The molecule has 0 N–H and O–H groups in total. The molecule has 0 bridgehead atoms. The first-order valence-electron chi connectivity index (χ1n) is 24.7. The van der Waals surface area contributed by atoms with Crippen LogP contribution in [0, 0.1) is 6.92 Å². The summed E-state index contributed by atoms with van der Waals surface area (Å²) in [5.74, 6) is 0. The van der Waals surface area contributed by atoms with Crippen LogP contribution in [0.4, 0.5) is 13.2 Å². The summed E-state index contributed by atoms with van der Waals surface area (Å²) in [5.41, 5.74) is 7.05. The smallest absolute Gasteiger partial charge is 0.369 e. The van der Waals surface area contributed by atoms with Crippen LogP contribution in [0.3, 0.4) is 0 Å². The standard InChI is InChI=1S/C15H20N2OS.C15H22N2OS.C13H15F3N2OS.C12H16N2OS/c1-14(2,3)18-9-12-17-11-7-10(15(4)5-6-15)8-16-13(11)19-12;1-14(2,3)10-7-11-13(16-8-10)19-12(17-11)9-18-15(4,5)6;1-12(2,3)19-7-10-18-9-4-8(5-13(14,15)16)6-17-11(9)20-10;1-8-5-9-11(13-6-8)16-10(14-9)7-15-12(2,3)4/h7-8H,5-6,9H2,1-4H3;7-8H,9H2,1-6H3;4,6H,5,7H2,1-3H3;5-6H,7H2,1-4H3. The van der Waals surface area contributed by atoms with E-state index in [0.29, 0.717) is 47.2 Å². The number of nitrogens with zero attached hydrogens (tertiary/aromatic N) is 8. The summed E-state index contributed by atoms with van der Waals surface area (Å²) in [7, 11) is 0. The summed E-state index contributed by atoms with van der Waals surface area (Å²) in [6.45, 7) is 37.2. The van der Waals surface area contributed by atoms with Crippen LogP contribution in [0.15, 0.2) is 49.1 Å². The molecule has 0 aliphatic heterocycles. The Kier molecular flexibility index (Phi) is 18.5. The molecule has 19 heteroatoms. The fraction of sp³-hybridized carbons (Fsp3) is 0.564. The van der Waals surface area contributed by atoms with Crippen LogP contribution in [0.2, 0.25) is 0 Å². The number of ether oxygens (including phenoxy) is 4. The van der Waals surface area contributed by atoms with Crippen molar-refractivity contribution in [2.45, 2.75) is 203 Å². The average Bonchev–Trinajstić information content (AvgIpc) is 3.69. The zero-order valence-electron chi connectivity index (χ0n) is 46.0. The highest BCUT2D eigenvalue weighted by Gasteiger charge is 2.39. The number of hydrogen-bond donors (Lipinski definition) is 0. The molecule has 1 saturated carbocycles. The second-order valence-corrected chi connectivity index (χ2v) is 28.0. The highest BCUT2D eigenvalue weighted by atomic mass is 32.1. The van der Waals surface area contributed by atoms with Crippen molar-refractivity contribution in [3.8, 4) is 0 Å². The van der Waals surface area contributed by atoms with Gasteiger partial charge in [0.1, 0.15) is 61.4 Å². The number of aromatic nitrogens is 8. The highest BCUT2D eigenvalue weighted by Crippen LogP contribution is 2.48. The molecule has 402 valence electrons. The number of hydrogen-bond acceptors (Lipinski definition) is 16. The largest absolute Gasteiger partial charge is 0.393 e. The van der Waals surface area contributed by atoms with Crippen LogP contribution >= 0.6 is 45.3 Å². The molecule has 1 aliphatic rings. The summed E-state index contributed by atoms with van der Waals surface area (Å²) >= 11 is 6.18. The highest BCUT2D eigenvalue weighted by molar-refractivity contribution is 7.19. The minimum Gasteiger partial charge on any atom is -0.369 e. The summed E-state index contributed by atoms with van der Waals surface area (Å²) in [6.07, 6.45) is 4.41. The Balaban J connectivity index is 0.000000161. The van der Waals surface area contributed by atoms with Crippen molar-refractivity contribution >= 4 is 86.7 Å². The monoisotopic (exact) mass is 1090 g/mol. The van der Waals surface area contributed by atoms with E-state index in [2.05, 4.69) is 127 Å². The Labute approximate surface area is 450 Å².